The van der Waals surface area contributed by atoms with Crippen LogP contribution in [0, 0.1) is 13.8 Å². The lowest BCUT2D eigenvalue weighted by molar-refractivity contribution is -0.137. The molecule has 0 atom stereocenters. The number of anilines is 2. The second kappa shape index (κ2) is 8.66. The first kappa shape index (κ1) is 22.7. The van der Waals surface area contributed by atoms with Crippen LogP contribution in [0.4, 0.5) is 24.5 Å². The molecule has 0 saturated heterocycles. The summed E-state index contributed by atoms with van der Waals surface area (Å²) >= 11 is 0. The molecule has 2 amide bonds. The third kappa shape index (κ3) is 4.85. The van der Waals surface area contributed by atoms with Gasteiger partial charge in [-0.15, -0.1) is 0 Å². The average molecular weight is 444 g/mol. The zero-order valence-corrected chi connectivity index (χ0v) is 17.4. The van der Waals surface area contributed by atoms with Crippen molar-refractivity contribution in [2.45, 2.75) is 26.9 Å². The van der Waals surface area contributed by atoms with Crippen LogP contribution in [0.1, 0.15) is 34.2 Å². The summed E-state index contributed by atoms with van der Waals surface area (Å²) in [6.07, 6.45) is -4.53. The van der Waals surface area contributed by atoms with Crippen molar-refractivity contribution in [1.29, 1.82) is 0 Å². The van der Waals surface area contributed by atoms with Gasteiger partial charge in [-0.25, -0.2) is 4.68 Å². The summed E-state index contributed by atoms with van der Waals surface area (Å²) in [5.41, 5.74) is 0.414. The van der Waals surface area contributed by atoms with Gasteiger partial charge in [-0.05, 0) is 50.2 Å². The van der Waals surface area contributed by atoms with Gasteiger partial charge in [0.1, 0.15) is 0 Å². The predicted octanol–water partition coefficient (Wildman–Crippen LogP) is 4.29. The summed E-state index contributed by atoms with van der Waals surface area (Å²) in [7, 11) is 0. The van der Waals surface area contributed by atoms with Gasteiger partial charge in [0.15, 0.2) is 0 Å². The molecule has 3 rings (SSSR count). The van der Waals surface area contributed by atoms with E-state index >= 15 is 0 Å². The van der Waals surface area contributed by atoms with Crippen molar-refractivity contribution < 1.29 is 27.6 Å². The maximum absolute atomic E-state index is 13.0. The Morgan fingerprint density at radius 3 is 2.19 bits per heavy atom. The third-order valence-electron chi connectivity index (χ3n) is 4.58. The van der Waals surface area contributed by atoms with E-state index < -0.39 is 23.4 Å². The van der Waals surface area contributed by atoms with Gasteiger partial charge < -0.3 is 10.6 Å². The Bertz CT molecular complexity index is 1220. The summed E-state index contributed by atoms with van der Waals surface area (Å²) < 4.78 is 40.3. The number of Topliss-reactive ketones (excluding diaryl/α,β-unsaturated/α-hetero) is 1. The number of benzene rings is 2. The van der Waals surface area contributed by atoms with Crippen molar-refractivity contribution in [2.24, 2.45) is 0 Å². The van der Waals surface area contributed by atoms with Crippen molar-refractivity contribution in [3.8, 4) is 5.69 Å². The lowest BCUT2D eigenvalue weighted by Crippen LogP contribution is -2.24. The zero-order valence-electron chi connectivity index (χ0n) is 17.4. The number of rotatable bonds is 5. The molecular weight excluding hydrogens is 425 g/mol. The standard InChI is InChI=1S/C22H19F3N4O3/c1-12-19(13(2)29(28-12)18-9-4-6-15(10-18)22(23,24)25)20(31)21(32)27-17-8-5-7-16(11-17)26-14(3)30/h4-11H,1-3H3,(H,26,30)(H,27,32). The van der Waals surface area contributed by atoms with E-state index in [1.54, 1.807) is 18.2 Å². The highest BCUT2D eigenvalue weighted by Gasteiger charge is 2.31. The molecule has 3 aromatic rings. The molecular formula is C22H19F3N4O3. The second-order valence-electron chi connectivity index (χ2n) is 7.05. The maximum atomic E-state index is 13.0. The predicted molar refractivity (Wildman–Crippen MR) is 112 cm³/mol. The number of halogens is 3. The van der Waals surface area contributed by atoms with E-state index in [1.807, 2.05) is 0 Å². The van der Waals surface area contributed by atoms with Gasteiger partial charge in [0.2, 0.25) is 5.91 Å². The monoisotopic (exact) mass is 444 g/mol. The van der Waals surface area contributed by atoms with Gasteiger partial charge in [-0.3, -0.25) is 14.4 Å². The molecule has 166 valence electrons. The van der Waals surface area contributed by atoms with Gasteiger partial charge in [0.25, 0.3) is 11.7 Å². The Morgan fingerprint density at radius 1 is 0.938 bits per heavy atom. The van der Waals surface area contributed by atoms with Crippen molar-refractivity contribution in [2.75, 3.05) is 10.6 Å². The number of alkyl halides is 3. The van der Waals surface area contributed by atoms with Crippen LogP contribution in [0.2, 0.25) is 0 Å². The molecule has 0 bridgehead atoms. The average Bonchev–Trinajstić information content (AvgIpc) is 3.00. The molecule has 10 heteroatoms. The zero-order chi connectivity index (χ0) is 23.6. The summed E-state index contributed by atoms with van der Waals surface area (Å²) in [6, 6.07) is 10.8. The number of carbonyl (C=O) groups excluding carboxylic acids is 3. The topological polar surface area (TPSA) is 93.1 Å². The first-order valence-electron chi connectivity index (χ1n) is 9.44. The van der Waals surface area contributed by atoms with Crippen molar-refractivity contribution in [3.63, 3.8) is 0 Å². The highest BCUT2D eigenvalue weighted by Crippen LogP contribution is 2.31. The van der Waals surface area contributed by atoms with Gasteiger partial charge in [-0.1, -0.05) is 12.1 Å². The first-order valence-corrected chi connectivity index (χ1v) is 9.44. The Hall–Kier alpha value is -3.95. The highest BCUT2D eigenvalue weighted by atomic mass is 19.4. The fraction of sp³-hybridized carbons (Fsp3) is 0.182. The Kier molecular flexibility index (Phi) is 6.15. The second-order valence-corrected chi connectivity index (χ2v) is 7.05. The molecule has 2 aromatic carbocycles. The van der Waals surface area contributed by atoms with Crippen LogP contribution in [0.15, 0.2) is 48.5 Å². The lowest BCUT2D eigenvalue weighted by Gasteiger charge is -2.10. The molecule has 0 aliphatic rings. The highest BCUT2D eigenvalue weighted by molar-refractivity contribution is 6.47. The molecule has 0 aliphatic heterocycles. The number of hydrogen-bond donors (Lipinski definition) is 2. The van der Waals surface area contributed by atoms with Crippen LogP contribution in [0.5, 0.6) is 0 Å². The minimum atomic E-state index is -4.53. The van der Waals surface area contributed by atoms with Gasteiger partial charge in [-0.2, -0.15) is 18.3 Å². The van der Waals surface area contributed by atoms with E-state index in [0.29, 0.717) is 5.69 Å². The number of nitrogens with one attached hydrogen (secondary N) is 2. The number of carbonyl (C=O) groups is 3. The van der Waals surface area contributed by atoms with Crippen LogP contribution < -0.4 is 10.6 Å². The summed E-state index contributed by atoms with van der Waals surface area (Å²) in [5.74, 6) is -2.12. The minimum absolute atomic E-state index is 0.00192. The van der Waals surface area contributed by atoms with Crippen LogP contribution in [0.25, 0.3) is 5.69 Å². The van der Waals surface area contributed by atoms with E-state index in [-0.39, 0.29) is 34.2 Å². The van der Waals surface area contributed by atoms with E-state index in [4.69, 9.17) is 0 Å². The fourth-order valence-electron chi connectivity index (χ4n) is 3.22. The number of hydrogen-bond acceptors (Lipinski definition) is 4. The molecule has 0 fully saturated rings. The Morgan fingerprint density at radius 2 is 1.56 bits per heavy atom. The minimum Gasteiger partial charge on any atom is -0.326 e. The molecule has 32 heavy (non-hydrogen) atoms. The van der Waals surface area contributed by atoms with E-state index in [1.165, 1.54) is 43.7 Å². The summed E-state index contributed by atoms with van der Waals surface area (Å²) in [4.78, 5) is 36.5. The van der Waals surface area contributed by atoms with Crippen LogP contribution >= 0.6 is 0 Å². The molecule has 2 N–H and O–H groups in total. The molecule has 0 aliphatic carbocycles. The normalized spacial score (nSPS) is 11.2. The van der Waals surface area contributed by atoms with Gasteiger partial charge in [0.05, 0.1) is 28.2 Å². The quantitative estimate of drug-likeness (QED) is 0.454. The number of ketones is 1. The Balaban J connectivity index is 1.88. The number of nitrogens with zero attached hydrogens (tertiary/aromatic N) is 2. The van der Waals surface area contributed by atoms with E-state index in [2.05, 4.69) is 15.7 Å². The van der Waals surface area contributed by atoms with E-state index in [0.717, 1.165) is 12.1 Å². The molecule has 1 heterocycles. The SMILES string of the molecule is CC(=O)Nc1cccc(NC(=O)C(=O)c2c(C)nn(-c3cccc(C(F)(F)F)c3)c2C)c1. The van der Waals surface area contributed by atoms with Crippen molar-refractivity contribution in [1.82, 2.24) is 9.78 Å². The molecule has 7 nitrogen and oxygen atoms in total. The summed E-state index contributed by atoms with van der Waals surface area (Å²) in [5, 5.41) is 9.19. The molecule has 0 spiro atoms. The van der Waals surface area contributed by atoms with Gasteiger partial charge >= 0.3 is 6.18 Å². The molecule has 0 saturated carbocycles. The smallest absolute Gasteiger partial charge is 0.326 e. The number of aryl methyl sites for hydroxylation is 1. The third-order valence-corrected chi connectivity index (χ3v) is 4.58. The lowest BCUT2D eigenvalue weighted by atomic mass is 10.1. The first-order chi connectivity index (χ1) is 15.0. The summed E-state index contributed by atoms with van der Waals surface area (Å²) in [6.45, 7) is 4.33. The fourth-order valence-corrected chi connectivity index (χ4v) is 3.22. The molecule has 0 unspecified atom stereocenters. The molecule has 0 radical (unpaired) electrons. The van der Waals surface area contributed by atoms with Crippen LogP contribution in [-0.2, 0) is 15.8 Å². The van der Waals surface area contributed by atoms with Crippen LogP contribution in [0.3, 0.4) is 0 Å². The van der Waals surface area contributed by atoms with Crippen LogP contribution in [-0.4, -0.2) is 27.4 Å². The molecule has 1 aromatic heterocycles. The largest absolute Gasteiger partial charge is 0.416 e. The number of aromatic nitrogens is 2. The maximum Gasteiger partial charge on any atom is 0.416 e. The van der Waals surface area contributed by atoms with Crippen molar-refractivity contribution >= 4 is 29.0 Å². The van der Waals surface area contributed by atoms with E-state index in [9.17, 15) is 27.6 Å². The van der Waals surface area contributed by atoms with Crippen molar-refractivity contribution in [3.05, 3.63) is 71.0 Å². The van der Waals surface area contributed by atoms with Gasteiger partial charge in [0, 0.05) is 18.3 Å². The number of amides is 2. The Labute approximate surface area is 181 Å².